The van der Waals surface area contributed by atoms with Gasteiger partial charge in [0.1, 0.15) is 6.61 Å². The fourth-order valence-electron chi connectivity index (χ4n) is 3.07. The van der Waals surface area contributed by atoms with Crippen LogP contribution in [0.15, 0.2) is 36.9 Å². The molecule has 1 aliphatic rings. The van der Waals surface area contributed by atoms with Gasteiger partial charge in [0, 0.05) is 29.7 Å². The molecule has 0 unspecified atom stereocenters. The third-order valence-electron chi connectivity index (χ3n) is 4.21. The second kappa shape index (κ2) is 6.78. The van der Waals surface area contributed by atoms with Gasteiger partial charge in [-0.25, -0.2) is 14.8 Å². The summed E-state index contributed by atoms with van der Waals surface area (Å²) >= 11 is 0. The Morgan fingerprint density at radius 1 is 1.29 bits per heavy atom. The summed E-state index contributed by atoms with van der Waals surface area (Å²) in [5.74, 6) is -0.101. The molecule has 2 amide bonds. The number of aromatic nitrogens is 1. The number of rotatable bonds is 4. The zero-order valence-electron chi connectivity index (χ0n) is 13.7. The summed E-state index contributed by atoms with van der Waals surface area (Å²) in [5.41, 5.74) is 2.97. The average molecular weight is 327 g/mol. The van der Waals surface area contributed by atoms with Crippen LogP contribution >= 0.6 is 0 Å². The summed E-state index contributed by atoms with van der Waals surface area (Å²) in [5, 5.41) is 3.92. The van der Waals surface area contributed by atoms with Crippen molar-refractivity contribution < 1.29 is 14.3 Å². The molecule has 0 aliphatic carbocycles. The van der Waals surface area contributed by atoms with Gasteiger partial charge < -0.3 is 9.72 Å². The highest BCUT2D eigenvalue weighted by Crippen LogP contribution is 2.24. The first kappa shape index (κ1) is 16.1. The van der Waals surface area contributed by atoms with Crippen LogP contribution in [-0.2, 0) is 16.0 Å². The van der Waals surface area contributed by atoms with Gasteiger partial charge in [0.05, 0.1) is 6.42 Å². The Hall–Kier alpha value is -2.76. The normalized spacial score (nSPS) is 14.2. The number of benzene rings is 1. The zero-order valence-corrected chi connectivity index (χ0v) is 13.7. The highest BCUT2D eigenvalue weighted by Gasteiger charge is 2.32. The number of hydrazine groups is 1. The average Bonchev–Trinajstić information content (AvgIpc) is 3.18. The number of ether oxygens (including phenoxy) is 1. The van der Waals surface area contributed by atoms with E-state index in [2.05, 4.69) is 11.6 Å². The number of aryl methyl sites for hydroxylation is 1. The van der Waals surface area contributed by atoms with Gasteiger partial charge in [0.25, 0.3) is 0 Å². The smallest absolute Gasteiger partial charge is 0.429 e. The molecule has 0 saturated carbocycles. The number of carbonyl (C=O) groups excluding carboxylic acids is 2. The van der Waals surface area contributed by atoms with E-state index in [0.29, 0.717) is 13.1 Å². The van der Waals surface area contributed by atoms with Gasteiger partial charge >= 0.3 is 6.09 Å². The number of fused-ring (bicyclic) bond motifs is 1. The highest BCUT2D eigenvalue weighted by molar-refractivity contribution is 5.90. The molecule has 1 aromatic heterocycles. The molecule has 6 nitrogen and oxygen atoms in total. The molecule has 1 aliphatic heterocycles. The summed E-state index contributed by atoms with van der Waals surface area (Å²) in [4.78, 5) is 28.1. The lowest BCUT2D eigenvalue weighted by molar-refractivity contribution is -0.140. The molecule has 1 N–H and O–H groups in total. The molecule has 2 aromatic rings. The fraction of sp³-hybridized carbons (Fsp3) is 0.333. The molecule has 126 valence electrons. The number of hydrogen-bond donors (Lipinski definition) is 1. The molecule has 0 spiro atoms. The van der Waals surface area contributed by atoms with Crippen LogP contribution in [0.4, 0.5) is 4.79 Å². The van der Waals surface area contributed by atoms with Gasteiger partial charge in [-0.2, -0.15) is 0 Å². The van der Waals surface area contributed by atoms with Crippen molar-refractivity contribution in [3.63, 3.8) is 0 Å². The number of nitrogens with zero attached hydrogens (tertiary/aromatic N) is 2. The second-order valence-corrected chi connectivity index (χ2v) is 5.81. The van der Waals surface area contributed by atoms with Crippen molar-refractivity contribution in [3.05, 3.63) is 48.2 Å². The third kappa shape index (κ3) is 2.99. The molecular weight excluding hydrogens is 306 g/mol. The number of hydrogen-bond acceptors (Lipinski definition) is 3. The van der Waals surface area contributed by atoms with Crippen molar-refractivity contribution in [1.29, 1.82) is 0 Å². The minimum absolute atomic E-state index is 0.101. The van der Waals surface area contributed by atoms with Crippen molar-refractivity contribution >= 4 is 22.9 Å². The number of H-pyrrole nitrogens is 1. The number of para-hydroxylation sites is 1. The van der Waals surface area contributed by atoms with E-state index in [9.17, 15) is 9.59 Å². The van der Waals surface area contributed by atoms with E-state index >= 15 is 0 Å². The Kier molecular flexibility index (Phi) is 4.55. The van der Waals surface area contributed by atoms with Crippen LogP contribution in [0.25, 0.3) is 10.9 Å². The SMILES string of the molecule is C=CCOC(=O)N1CCCN1C(=O)Cc1c(C)[nH]c2ccccc12. The van der Waals surface area contributed by atoms with E-state index in [4.69, 9.17) is 4.74 Å². The van der Waals surface area contributed by atoms with Crippen LogP contribution in [0.1, 0.15) is 17.7 Å². The lowest BCUT2D eigenvalue weighted by atomic mass is 10.1. The third-order valence-corrected chi connectivity index (χ3v) is 4.21. The minimum atomic E-state index is -0.503. The van der Waals surface area contributed by atoms with Crippen molar-refractivity contribution in [2.24, 2.45) is 0 Å². The second-order valence-electron chi connectivity index (χ2n) is 5.81. The molecule has 0 radical (unpaired) electrons. The van der Waals surface area contributed by atoms with E-state index in [-0.39, 0.29) is 18.9 Å². The van der Waals surface area contributed by atoms with E-state index in [0.717, 1.165) is 28.6 Å². The number of aromatic amines is 1. The minimum Gasteiger partial charge on any atom is -0.444 e. The van der Waals surface area contributed by atoms with E-state index < -0.39 is 6.09 Å². The summed E-state index contributed by atoms with van der Waals surface area (Å²) in [7, 11) is 0. The van der Waals surface area contributed by atoms with Crippen LogP contribution in [-0.4, -0.2) is 46.7 Å². The van der Waals surface area contributed by atoms with Gasteiger partial charge in [0.15, 0.2) is 0 Å². The number of nitrogens with one attached hydrogen (secondary N) is 1. The molecular formula is C18H21N3O3. The van der Waals surface area contributed by atoms with Crippen molar-refractivity contribution in [2.75, 3.05) is 19.7 Å². The van der Waals surface area contributed by atoms with Crippen molar-refractivity contribution in [3.8, 4) is 0 Å². The largest absolute Gasteiger partial charge is 0.444 e. The predicted molar refractivity (Wildman–Crippen MR) is 91.3 cm³/mol. The van der Waals surface area contributed by atoms with Crippen LogP contribution in [0, 0.1) is 6.92 Å². The lowest BCUT2D eigenvalue weighted by Gasteiger charge is -2.27. The van der Waals surface area contributed by atoms with Gasteiger partial charge in [-0.3, -0.25) is 4.79 Å². The Morgan fingerprint density at radius 2 is 2.04 bits per heavy atom. The van der Waals surface area contributed by atoms with Gasteiger partial charge in [0.2, 0.25) is 5.91 Å². The first-order valence-electron chi connectivity index (χ1n) is 8.03. The maximum absolute atomic E-state index is 12.7. The Balaban J connectivity index is 1.77. The molecule has 24 heavy (non-hydrogen) atoms. The monoisotopic (exact) mass is 327 g/mol. The maximum atomic E-state index is 12.7. The highest BCUT2D eigenvalue weighted by atomic mass is 16.6. The van der Waals surface area contributed by atoms with Crippen LogP contribution in [0.3, 0.4) is 0 Å². The molecule has 0 atom stereocenters. The first-order chi connectivity index (χ1) is 11.6. The lowest BCUT2D eigenvalue weighted by Crippen LogP contribution is -2.45. The quantitative estimate of drug-likeness (QED) is 0.878. The zero-order chi connectivity index (χ0) is 17.1. The molecule has 3 rings (SSSR count). The van der Waals surface area contributed by atoms with Crippen molar-refractivity contribution in [1.82, 2.24) is 15.0 Å². The predicted octanol–water partition coefficient (Wildman–Crippen LogP) is 2.79. The van der Waals surface area contributed by atoms with Gasteiger partial charge in [-0.1, -0.05) is 30.9 Å². The van der Waals surface area contributed by atoms with Crippen molar-refractivity contribution in [2.45, 2.75) is 19.8 Å². The first-order valence-corrected chi connectivity index (χ1v) is 8.03. The Morgan fingerprint density at radius 3 is 2.83 bits per heavy atom. The Labute approximate surface area is 140 Å². The summed E-state index contributed by atoms with van der Waals surface area (Å²) in [6, 6.07) is 7.91. The van der Waals surface area contributed by atoms with Crippen LogP contribution in [0.5, 0.6) is 0 Å². The summed E-state index contributed by atoms with van der Waals surface area (Å²) in [6.07, 6.45) is 2.01. The molecule has 6 heteroatoms. The maximum Gasteiger partial charge on any atom is 0.429 e. The topological polar surface area (TPSA) is 65.6 Å². The molecule has 1 aromatic carbocycles. The van der Waals surface area contributed by atoms with Crippen LogP contribution in [0.2, 0.25) is 0 Å². The van der Waals surface area contributed by atoms with E-state index in [1.807, 2.05) is 31.2 Å². The molecule has 1 saturated heterocycles. The van der Waals surface area contributed by atoms with E-state index in [1.165, 1.54) is 16.1 Å². The number of amides is 2. The fourth-order valence-corrected chi connectivity index (χ4v) is 3.07. The standard InChI is InChI=1S/C18H21N3O3/c1-3-11-24-18(23)21-10-6-9-20(21)17(22)12-15-13(2)19-16-8-5-4-7-14(15)16/h3-5,7-8,19H,1,6,9-12H2,2H3. The number of carbonyl (C=O) groups is 2. The van der Waals surface area contributed by atoms with Crippen LogP contribution < -0.4 is 0 Å². The molecule has 1 fully saturated rings. The Bertz CT molecular complexity index is 781. The summed E-state index contributed by atoms with van der Waals surface area (Å²) in [6.45, 7) is 6.65. The van der Waals surface area contributed by atoms with E-state index in [1.54, 1.807) is 0 Å². The van der Waals surface area contributed by atoms with Gasteiger partial charge in [-0.15, -0.1) is 0 Å². The molecule has 2 heterocycles. The summed E-state index contributed by atoms with van der Waals surface area (Å²) < 4.78 is 5.05. The van der Waals surface area contributed by atoms with Gasteiger partial charge in [-0.05, 0) is 25.0 Å². The molecule has 0 bridgehead atoms.